The molecule has 1 heterocycles. The molecule has 4 heteroatoms. The van der Waals surface area contributed by atoms with Crippen LogP contribution in [0.4, 0.5) is 0 Å². The first kappa shape index (κ1) is 15.1. The lowest BCUT2D eigenvalue weighted by atomic mass is 10.2. The Morgan fingerprint density at radius 3 is 2.24 bits per heavy atom. The van der Waals surface area contributed by atoms with Crippen molar-refractivity contribution in [1.29, 1.82) is 0 Å². The van der Waals surface area contributed by atoms with Crippen LogP contribution in [0.1, 0.15) is 5.56 Å². The topological polar surface area (TPSA) is 44.2 Å². The van der Waals surface area contributed by atoms with E-state index >= 15 is 0 Å². The van der Waals surface area contributed by atoms with Crippen LogP contribution < -0.4 is 9.47 Å². The van der Waals surface area contributed by atoms with Gasteiger partial charge in [0.25, 0.3) is 0 Å². The summed E-state index contributed by atoms with van der Waals surface area (Å²) in [6.07, 6.45) is 1.51. The number of benzene rings is 3. The lowest BCUT2D eigenvalue weighted by Crippen LogP contribution is -1.95. The van der Waals surface area contributed by atoms with Gasteiger partial charge in [0, 0.05) is 0 Å². The summed E-state index contributed by atoms with van der Waals surface area (Å²) in [6.45, 7) is 0.539. The fraction of sp³-hybridized carbons (Fsp3) is 0.0476. The first-order valence-corrected chi connectivity index (χ1v) is 8.03. The van der Waals surface area contributed by atoms with Crippen molar-refractivity contribution >= 4 is 10.9 Å². The molecule has 0 aliphatic rings. The van der Waals surface area contributed by atoms with Gasteiger partial charge in [0.2, 0.25) is 5.88 Å². The summed E-state index contributed by atoms with van der Waals surface area (Å²) in [4.78, 5) is 8.48. The molecule has 3 aromatic carbocycles. The van der Waals surface area contributed by atoms with Crippen molar-refractivity contribution in [1.82, 2.24) is 9.97 Å². The maximum Gasteiger partial charge on any atom is 0.230 e. The Balaban J connectivity index is 1.47. The number of aromatic nitrogens is 2. The van der Waals surface area contributed by atoms with Gasteiger partial charge in [0.05, 0.1) is 10.9 Å². The first-order chi connectivity index (χ1) is 12.4. The van der Waals surface area contributed by atoms with Crippen LogP contribution in [0.2, 0.25) is 0 Å². The largest absolute Gasteiger partial charge is 0.489 e. The lowest BCUT2D eigenvalue weighted by Gasteiger charge is -2.09. The maximum absolute atomic E-state index is 5.90. The molecule has 0 unspecified atom stereocenters. The smallest absolute Gasteiger partial charge is 0.230 e. The minimum absolute atomic E-state index is 0.539. The Morgan fingerprint density at radius 2 is 1.40 bits per heavy atom. The second kappa shape index (κ2) is 7.01. The van der Waals surface area contributed by atoms with E-state index in [4.69, 9.17) is 9.47 Å². The highest BCUT2D eigenvalue weighted by atomic mass is 16.5. The van der Waals surface area contributed by atoms with Crippen molar-refractivity contribution in [3.8, 4) is 17.4 Å². The molecule has 4 nitrogen and oxygen atoms in total. The molecule has 122 valence electrons. The van der Waals surface area contributed by atoms with Crippen molar-refractivity contribution in [2.45, 2.75) is 6.61 Å². The molecule has 0 amide bonds. The molecule has 0 atom stereocenters. The SMILES string of the molecule is c1ccc(COc2ccc(Oc3ncnc4ccccc34)cc2)cc1. The van der Waals surface area contributed by atoms with E-state index in [0.29, 0.717) is 18.2 Å². The van der Waals surface area contributed by atoms with Gasteiger partial charge < -0.3 is 9.47 Å². The van der Waals surface area contributed by atoms with E-state index < -0.39 is 0 Å². The second-order valence-corrected chi connectivity index (χ2v) is 5.54. The molecule has 0 aliphatic carbocycles. The third-order valence-electron chi connectivity index (χ3n) is 3.79. The fourth-order valence-corrected chi connectivity index (χ4v) is 2.52. The van der Waals surface area contributed by atoms with Gasteiger partial charge in [-0.1, -0.05) is 42.5 Å². The average Bonchev–Trinajstić information content (AvgIpc) is 2.69. The van der Waals surface area contributed by atoms with Gasteiger partial charge >= 0.3 is 0 Å². The van der Waals surface area contributed by atoms with E-state index in [9.17, 15) is 0 Å². The van der Waals surface area contributed by atoms with Crippen molar-refractivity contribution in [2.75, 3.05) is 0 Å². The summed E-state index contributed by atoms with van der Waals surface area (Å²) in [5.74, 6) is 2.04. The number of para-hydroxylation sites is 1. The Kier molecular flexibility index (Phi) is 4.25. The van der Waals surface area contributed by atoms with E-state index in [-0.39, 0.29) is 0 Å². The van der Waals surface area contributed by atoms with E-state index in [0.717, 1.165) is 22.2 Å². The molecule has 1 aromatic heterocycles. The van der Waals surface area contributed by atoms with Crippen LogP contribution in [0.15, 0.2) is 85.2 Å². The molecule has 25 heavy (non-hydrogen) atoms. The van der Waals surface area contributed by atoms with Crippen molar-refractivity contribution in [3.63, 3.8) is 0 Å². The van der Waals surface area contributed by atoms with Gasteiger partial charge in [-0.15, -0.1) is 0 Å². The Hall–Kier alpha value is -3.40. The first-order valence-electron chi connectivity index (χ1n) is 8.03. The molecule has 0 fully saturated rings. The van der Waals surface area contributed by atoms with Crippen molar-refractivity contribution in [2.24, 2.45) is 0 Å². The monoisotopic (exact) mass is 328 g/mol. The third-order valence-corrected chi connectivity index (χ3v) is 3.79. The van der Waals surface area contributed by atoms with Gasteiger partial charge in [0.1, 0.15) is 24.4 Å². The quantitative estimate of drug-likeness (QED) is 0.517. The molecule has 4 rings (SSSR count). The van der Waals surface area contributed by atoms with Crippen molar-refractivity contribution in [3.05, 3.63) is 90.8 Å². The normalized spacial score (nSPS) is 10.6. The molecule has 0 saturated carbocycles. The van der Waals surface area contributed by atoms with Crippen LogP contribution in [0.25, 0.3) is 10.9 Å². The molecule has 0 saturated heterocycles. The maximum atomic E-state index is 5.90. The number of nitrogens with zero attached hydrogens (tertiary/aromatic N) is 2. The van der Waals surface area contributed by atoms with E-state index in [1.807, 2.05) is 78.9 Å². The average molecular weight is 328 g/mol. The third kappa shape index (κ3) is 3.58. The highest BCUT2D eigenvalue weighted by Gasteiger charge is 2.05. The van der Waals surface area contributed by atoms with Crippen LogP contribution in [0, 0.1) is 0 Å². The standard InChI is InChI=1S/C21H16N2O2/c1-2-6-16(7-3-1)14-24-17-10-12-18(13-11-17)25-21-19-8-4-5-9-20(19)22-15-23-21/h1-13,15H,14H2. The second-order valence-electron chi connectivity index (χ2n) is 5.54. The lowest BCUT2D eigenvalue weighted by molar-refractivity contribution is 0.305. The van der Waals surface area contributed by atoms with Gasteiger partial charge in [-0.05, 0) is 42.0 Å². The predicted molar refractivity (Wildman–Crippen MR) is 96.8 cm³/mol. The zero-order chi connectivity index (χ0) is 16.9. The van der Waals surface area contributed by atoms with Gasteiger partial charge in [0.15, 0.2) is 0 Å². The highest BCUT2D eigenvalue weighted by molar-refractivity contribution is 5.83. The van der Waals surface area contributed by atoms with Gasteiger partial charge in [-0.25, -0.2) is 9.97 Å². The zero-order valence-corrected chi connectivity index (χ0v) is 13.5. The highest BCUT2D eigenvalue weighted by Crippen LogP contribution is 2.27. The summed E-state index contributed by atoms with van der Waals surface area (Å²) < 4.78 is 11.7. The van der Waals surface area contributed by atoms with Crippen molar-refractivity contribution < 1.29 is 9.47 Å². The van der Waals surface area contributed by atoms with Crippen LogP contribution in [0.3, 0.4) is 0 Å². The fourth-order valence-electron chi connectivity index (χ4n) is 2.52. The summed E-state index contributed by atoms with van der Waals surface area (Å²) in [5.41, 5.74) is 1.99. The van der Waals surface area contributed by atoms with Gasteiger partial charge in [-0.3, -0.25) is 0 Å². The number of rotatable bonds is 5. The molecule has 4 aromatic rings. The zero-order valence-electron chi connectivity index (χ0n) is 13.5. The Labute approximate surface area is 145 Å². The summed E-state index contributed by atoms with van der Waals surface area (Å²) in [5, 5.41) is 0.884. The van der Waals surface area contributed by atoms with Crippen LogP contribution in [0.5, 0.6) is 17.4 Å². The number of hydrogen-bond donors (Lipinski definition) is 0. The molecule has 0 aliphatic heterocycles. The molecule has 0 spiro atoms. The van der Waals surface area contributed by atoms with E-state index in [1.165, 1.54) is 6.33 Å². The van der Waals surface area contributed by atoms with Crippen LogP contribution >= 0.6 is 0 Å². The summed E-state index contributed by atoms with van der Waals surface area (Å²) in [6, 6.07) is 25.4. The number of ether oxygens (including phenoxy) is 2. The molecule has 0 N–H and O–H groups in total. The van der Waals surface area contributed by atoms with E-state index in [1.54, 1.807) is 0 Å². The van der Waals surface area contributed by atoms with Gasteiger partial charge in [-0.2, -0.15) is 0 Å². The number of hydrogen-bond acceptors (Lipinski definition) is 4. The minimum Gasteiger partial charge on any atom is -0.489 e. The Morgan fingerprint density at radius 1 is 0.680 bits per heavy atom. The number of fused-ring (bicyclic) bond motifs is 1. The molecular weight excluding hydrogens is 312 g/mol. The summed E-state index contributed by atoms with van der Waals surface area (Å²) in [7, 11) is 0. The van der Waals surface area contributed by atoms with Crippen LogP contribution in [-0.4, -0.2) is 9.97 Å². The minimum atomic E-state index is 0.539. The van der Waals surface area contributed by atoms with E-state index in [2.05, 4.69) is 9.97 Å². The molecular formula is C21H16N2O2. The Bertz CT molecular complexity index is 964. The summed E-state index contributed by atoms with van der Waals surface area (Å²) >= 11 is 0. The predicted octanol–water partition coefficient (Wildman–Crippen LogP) is 5.00. The molecule has 0 radical (unpaired) electrons. The van der Waals surface area contributed by atoms with Crippen LogP contribution in [-0.2, 0) is 6.61 Å². The molecule has 0 bridgehead atoms.